The Morgan fingerprint density at radius 3 is 2.62 bits per heavy atom. The van der Waals surface area contributed by atoms with E-state index in [4.69, 9.17) is 37.7 Å². The fraction of sp³-hybridized carbons (Fsp3) is 0.227. The minimum atomic E-state index is -0.718. The number of imidazole rings is 2. The highest BCUT2D eigenvalue weighted by molar-refractivity contribution is 6.45. The van der Waals surface area contributed by atoms with Crippen LogP contribution in [0.25, 0.3) is 16.6 Å². The van der Waals surface area contributed by atoms with E-state index < -0.39 is 24.2 Å². The van der Waals surface area contributed by atoms with Crippen molar-refractivity contribution in [2.24, 2.45) is 0 Å². The SMILES string of the molecule is COC(=O)C1CC(OC(=O)n2ccnc2)CN1c1cc(-n2ccnc2)c2ccc(Cl)c(Cl)c2n1. The van der Waals surface area contributed by atoms with Gasteiger partial charge in [-0.15, -0.1) is 0 Å². The number of methoxy groups -OCH3 is 1. The van der Waals surface area contributed by atoms with Crippen LogP contribution in [0.5, 0.6) is 0 Å². The number of rotatable bonds is 4. The van der Waals surface area contributed by atoms with Gasteiger partial charge >= 0.3 is 12.1 Å². The third kappa shape index (κ3) is 3.95. The standard InChI is InChI=1S/C22H18Cl2N6O4/c1-33-21(31)17-8-13(34-22(32)29-7-5-26-12-29)10-30(17)18-9-16(28-6-4-25-11-28)14-2-3-15(23)19(24)20(14)27-18/h2-7,9,11-13,17H,8,10H2,1H3. The Morgan fingerprint density at radius 1 is 1.12 bits per heavy atom. The molecule has 0 radical (unpaired) electrons. The second-order valence-corrected chi connectivity index (χ2v) is 8.41. The lowest BCUT2D eigenvalue weighted by molar-refractivity contribution is -0.142. The van der Waals surface area contributed by atoms with Gasteiger partial charge in [-0.05, 0) is 12.1 Å². The maximum absolute atomic E-state index is 12.6. The molecule has 1 aromatic carbocycles. The molecule has 10 nitrogen and oxygen atoms in total. The van der Waals surface area contributed by atoms with Gasteiger partial charge in [0.2, 0.25) is 0 Å². The summed E-state index contributed by atoms with van der Waals surface area (Å²) in [5.41, 5.74) is 1.22. The van der Waals surface area contributed by atoms with Gasteiger partial charge in [0.1, 0.15) is 24.3 Å². The van der Waals surface area contributed by atoms with Crippen molar-refractivity contribution in [1.29, 1.82) is 0 Å². The molecule has 1 aliphatic rings. The Morgan fingerprint density at radius 2 is 1.91 bits per heavy atom. The first kappa shape index (κ1) is 22.2. The van der Waals surface area contributed by atoms with Crippen LogP contribution in [0.1, 0.15) is 6.42 Å². The number of halogens is 2. The summed E-state index contributed by atoms with van der Waals surface area (Å²) in [5, 5.41) is 1.40. The predicted molar refractivity (Wildman–Crippen MR) is 125 cm³/mol. The number of esters is 1. The summed E-state index contributed by atoms with van der Waals surface area (Å²) < 4.78 is 13.7. The second-order valence-electron chi connectivity index (χ2n) is 7.63. The van der Waals surface area contributed by atoms with Crippen molar-refractivity contribution in [3.8, 4) is 5.69 Å². The largest absolute Gasteiger partial charge is 0.467 e. The van der Waals surface area contributed by atoms with E-state index in [2.05, 4.69) is 9.97 Å². The van der Waals surface area contributed by atoms with Gasteiger partial charge in [0.15, 0.2) is 0 Å². The summed E-state index contributed by atoms with van der Waals surface area (Å²) >= 11 is 12.8. The van der Waals surface area contributed by atoms with Crippen LogP contribution in [-0.2, 0) is 14.3 Å². The molecule has 0 N–H and O–H groups in total. The Kier molecular flexibility index (Phi) is 5.84. The van der Waals surface area contributed by atoms with Crippen molar-refractivity contribution in [2.75, 3.05) is 18.6 Å². The van der Waals surface area contributed by atoms with Gasteiger partial charge in [0.25, 0.3) is 0 Å². The fourth-order valence-electron chi connectivity index (χ4n) is 4.03. The molecule has 1 saturated heterocycles. The van der Waals surface area contributed by atoms with Crippen LogP contribution in [0.4, 0.5) is 10.6 Å². The lowest BCUT2D eigenvalue weighted by Gasteiger charge is -2.25. The normalized spacial score (nSPS) is 17.8. The number of ether oxygens (including phenoxy) is 2. The third-order valence-electron chi connectivity index (χ3n) is 5.63. The minimum absolute atomic E-state index is 0.222. The van der Waals surface area contributed by atoms with Crippen LogP contribution >= 0.6 is 23.2 Å². The number of fused-ring (bicyclic) bond motifs is 1. The summed E-state index contributed by atoms with van der Waals surface area (Å²) in [5.74, 6) is -0.0126. The Balaban J connectivity index is 1.57. The number of aromatic nitrogens is 5. The van der Waals surface area contributed by atoms with Crippen molar-refractivity contribution in [3.05, 3.63) is 65.7 Å². The van der Waals surface area contributed by atoms with Crippen LogP contribution < -0.4 is 4.90 Å². The van der Waals surface area contributed by atoms with Gasteiger partial charge in [-0.2, -0.15) is 0 Å². The van der Waals surface area contributed by atoms with E-state index in [0.29, 0.717) is 21.4 Å². The summed E-state index contributed by atoms with van der Waals surface area (Å²) in [6.45, 7) is 0.222. The van der Waals surface area contributed by atoms with Gasteiger partial charge in [0, 0.05) is 42.7 Å². The van der Waals surface area contributed by atoms with E-state index in [9.17, 15) is 9.59 Å². The Hall–Kier alpha value is -3.63. The number of pyridine rings is 1. The molecule has 1 fully saturated rings. The van der Waals surface area contributed by atoms with Crippen molar-refractivity contribution in [1.82, 2.24) is 24.1 Å². The minimum Gasteiger partial charge on any atom is -0.467 e. The molecule has 1 aliphatic heterocycles. The fourth-order valence-corrected chi connectivity index (χ4v) is 4.39. The quantitative estimate of drug-likeness (QED) is 0.390. The van der Waals surface area contributed by atoms with Crippen molar-refractivity contribution < 1.29 is 19.1 Å². The first-order valence-electron chi connectivity index (χ1n) is 10.3. The smallest absolute Gasteiger partial charge is 0.419 e. The van der Waals surface area contributed by atoms with E-state index in [1.54, 1.807) is 29.7 Å². The molecule has 12 heteroatoms. The van der Waals surface area contributed by atoms with Crippen LogP contribution in [0.3, 0.4) is 0 Å². The Labute approximate surface area is 203 Å². The maximum Gasteiger partial charge on any atom is 0.419 e. The van der Waals surface area contributed by atoms with Crippen molar-refractivity contribution >= 4 is 52.0 Å². The van der Waals surface area contributed by atoms with E-state index in [1.165, 1.54) is 30.4 Å². The average molecular weight is 501 g/mol. The molecule has 0 saturated carbocycles. The average Bonchev–Trinajstić information content (AvgIpc) is 3.62. The summed E-state index contributed by atoms with van der Waals surface area (Å²) in [7, 11) is 1.31. The molecule has 0 bridgehead atoms. The third-order valence-corrected chi connectivity index (χ3v) is 6.43. The number of hydrogen-bond acceptors (Lipinski definition) is 8. The molecule has 34 heavy (non-hydrogen) atoms. The zero-order chi connectivity index (χ0) is 23.8. The molecule has 2 unspecified atom stereocenters. The second kappa shape index (κ2) is 8.96. The summed E-state index contributed by atoms with van der Waals surface area (Å²) in [6.07, 6.45) is 8.47. The van der Waals surface area contributed by atoms with Gasteiger partial charge in [-0.1, -0.05) is 23.2 Å². The van der Waals surface area contributed by atoms with Crippen LogP contribution in [0, 0.1) is 0 Å². The van der Waals surface area contributed by atoms with E-state index in [1.807, 2.05) is 16.7 Å². The number of hydrogen-bond donors (Lipinski definition) is 0. The summed E-state index contributed by atoms with van der Waals surface area (Å²) in [4.78, 5) is 39.5. The van der Waals surface area contributed by atoms with Gasteiger partial charge in [0.05, 0.1) is 41.2 Å². The van der Waals surface area contributed by atoms with Crippen molar-refractivity contribution in [2.45, 2.75) is 18.6 Å². The van der Waals surface area contributed by atoms with Gasteiger partial charge in [-0.3, -0.25) is 0 Å². The first-order valence-corrected chi connectivity index (χ1v) is 11.0. The van der Waals surface area contributed by atoms with E-state index in [0.717, 1.165) is 11.1 Å². The number of carbonyl (C=O) groups excluding carboxylic acids is 2. The topological polar surface area (TPSA) is 104 Å². The molecular weight excluding hydrogens is 483 g/mol. The zero-order valence-corrected chi connectivity index (χ0v) is 19.3. The monoisotopic (exact) mass is 500 g/mol. The number of nitrogens with zero attached hydrogens (tertiary/aromatic N) is 6. The van der Waals surface area contributed by atoms with Crippen LogP contribution in [-0.4, -0.2) is 61.9 Å². The molecule has 5 rings (SSSR count). The van der Waals surface area contributed by atoms with E-state index >= 15 is 0 Å². The van der Waals surface area contributed by atoms with Gasteiger partial charge < -0.3 is 18.9 Å². The highest BCUT2D eigenvalue weighted by atomic mass is 35.5. The lowest BCUT2D eigenvalue weighted by atomic mass is 10.1. The molecule has 0 aliphatic carbocycles. The molecule has 2 atom stereocenters. The molecule has 0 amide bonds. The van der Waals surface area contributed by atoms with Crippen LogP contribution in [0.2, 0.25) is 10.0 Å². The highest BCUT2D eigenvalue weighted by Crippen LogP contribution is 2.36. The van der Waals surface area contributed by atoms with Crippen LogP contribution in [0.15, 0.2) is 55.6 Å². The summed E-state index contributed by atoms with van der Waals surface area (Å²) in [6, 6.07) is 4.63. The molecule has 3 aromatic heterocycles. The number of carbonyl (C=O) groups is 2. The molecule has 0 spiro atoms. The molecule has 4 heterocycles. The number of anilines is 1. The first-order chi connectivity index (χ1) is 16.5. The number of benzene rings is 1. The Bertz CT molecular complexity index is 1360. The van der Waals surface area contributed by atoms with Crippen molar-refractivity contribution in [3.63, 3.8) is 0 Å². The highest BCUT2D eigenvalue weighted by Gasteiger charge is 2.41. The van der Waals surface area contributed by atoms with E-state index in [-0.39, 0.29) is 13.0 Å². The maximum atomic E-state index is 12.6. The molecule has 4 aromatic rings. The lowest BCUT2D eigenvalue weighted by Crippen LogP contribution is -2.37. The predicted octanol–water partition coefficient (Wildman–Crippen LogP) is 3.73. The zero-order valence-electron chi connectivity index (χ0n) is 17.8. The molecule has 174 valence electrons. The molecular formula is C22H18Cl2N6O4. The van der Waals surface area contributed by atoms with Gasteiger partial charge in [-0.25, -0.2) is 29.1 Å².